The molecule has 3 heterocycles. The lowest BCUT2D eigenvalue weighted by Crippen LogP contribution is -2.27. The summed E-state index contributed by atoms with van der Waals surface area (Å²) in [6.07, 6.45) is 18.0. The molecule has 0 saturated carbocycles. The molecular formula is C37H68N2O5. The molecule has 7 heteroatoms. The van der Waals surface area contributed by atoms with Gasteiger partial charge in [-0.1, -0.05) is 39.5 Å². The molecule has 0 aromatic carbocycles. The van der Waals surface area contributed by atoms with Crippen molar-refractivity contribution in [1.82, 2.24) is 10.2 Å². The van der Waals surface area contributed by atoms with Crippen molar-refractivity contribution in [2.75, 3.05) is 46.4 Å². The number of hydrogen-bond donors (Lipinski definition) is 1. The molecule has 7 nitrogen and oxygen atoms in total. The first kappa shape index (κ1) is 40.6. The third-order valence-electron chi connectivity index (χ3n) is 9.49. The third kappa shape index (κ3) is 19.2. The summed E-state index contributed by atoms with van der Waals surface area (Å²) in [5.74, 6) is 1.31. The molecule has 2 unspecified atom stereocenters. The number of ether oxygens (including phenoxy) is 1. The third-order valence-corrected chi connectivity index (χ3v) is 9.49. The standard InChI is InChI=1S/C17H31NO2.C16H29NO2.C4H8O/c1-4-15-9-5-7-11-18(3)12-8-6-10-16(17(15)20)13-14(2)19;1-3-14-8-4-6-10-17-11-7-5-9-15(16(14)19)12-13(2)18;1-2-4-5-3-1/h15-16H,4-13H2,1-3H3;14-15,17H,3-12H2,1-2H3;1-4H2/t15-,16?;14-,15?;/m00./s1. The van der Waals surface area contributed by atoms with Gasteiger partial charge in [0.2, 0.25) is 0 Å². The highest BCUT2D eigenvalue weighted by Gasteiger charge is 2.27. The molecule has 0 aromatic rings. The van der Waals surface area contributed by atoms with Crippen molar-refractivity contribution in [3.8, 4) is 0 Å². The van der Waals surface area contributed by atoms with Gasteiger partial charge in [-0.2, -0.15) is 0 Å². The van der Waals surface area contributed by atoms with Crippen molar-refractivity contribution >= 4 is 23.1 Å². The summed E-state index contributed by atoms with van der Waals surface area (Å²) in [6.45, 7) is 13.8. The van der Waals surface area contributed by atoms with Gasteiger partial charge in [0.15, 0.2) is 0 Å². The Morgan fingerprint density at radius 1 is 0.636 bits per heavy atom. The molecule has 0 aromatic heterocycles. The summed E-state index contributed by atoms with van der Waals surface area (Å²) in [7, 11) is 2.18. The highest BCUT2D eigenvalue weighted by Crippen LogP contribution is 2.26. The fraction of sp³-hybridized carbons (Fsp3) is 0.892. The Labute approximate surface area is 270 Å². The maximum atomic E-state index is 12.6. The first-order chi connectivity index (χ1) is 21.2. The summed E-state index contributed by atoms with van der Waals surface area (Å²) in [4.78, 5) is 50.4. The number of ketones is 4. The second-order valence-electron chi connectivity index (χ2n) is 13.6. The van der Waals surface area contributed by atoms with Crippen LogP contribution in [0.5, 0.6) is 0 Å². The van der Waals surface area contributed by atoms with Crippen LogP contribution in [0.15, 0.2) is 0 Å². The Hall–Kier alpha value is -1.44. The van der Waals surface area contributed by atoms with E-state index in [0.29, 0.717) is 24.4 Å². The van der Waals surface area contributed by atoms with Crippen molar-refractivity contribution in [1.29, 1.82) is 0 Å². The number of nitrogens with zero attached hydrogens (tertiary/aromatic N) is 1. The van der Waals surface area contributed by atoms with Gasteiger partial charge in [0.1, 0.15) is 23.1 Å². The topological polar surface area (TPSA) is 92.8 Å². The Bertz CT molecular complexity index is 789. The van der Waals surface area contributed by atoms with Crippen molar-refractivity contribution in [3.05, 3.63) is 0 Å². The molecule has 0 radical (unpaired) electrons. The molecule has 0 aliphatic carbocycles. The van der Waals surface area contributed by atoms with Crippen LogP contribution in [-0.4, -0.2) is 74.5 Å². The van der Waals surface area contributed by atoms with E-state index in [-0.39, 0.29) is 35.2 Å². The second kappa shape index (κ2) is 25.7. The number of Topliss-reactive ketones (excluding diaryl/α,β-unsaturated/α-hetero) is 4. The van der Waals surface area contributed by atoms with E-state index in [9.17, 15) is 19.2 Å². The van der Waals surface area contributed by atoms with Crippen LogP contribution in [0.4, 0.5) is 0 Å². The lowest BCUT2D eigenvalue weighted by atomic mass is 9.82. The minimum absolute atomic E-state index is 0.0258. The van der Waals surface area contributed by atoms with Gasteiger partial charge < -0.3 is 24.5 Å². The smallest absolute Gasteiger partial charge is 0.139 e. The number of carbonyl (C=O) groups excluding carboxylic acids is 4. The molecule has 0 spiro atoms. The lowest BCUT2D eigenvalue weighted by molar-refractivity contribution is -0.131. The predicted octanol–water partition coefficient (Wildman–Crippen LogP) is 7.38. The summed E-state index contributed by atoms with van der Waals surface area (Å²) >= 11 is 0. The molecule has 4 atom stereocenters. The van der Waals surface area contributed by atoms with Crippen LogP contribution in [0.1, 0.15) is 143 Å². The molecule has 44 heavy (non-hydrogen) atoms. The van der Waals surface area contributed by atoms with E-state index < -0.39 is 0 Å². The summed E-state index contributed by atoms with van der Waals surface area (Å²) in [5.41, 5.74) is 0. The molecule has 3 aliphatic rings. The Morgan fingerprint density at radius 2 is 1.02 bits per heavy atom. The first-order valence-electron chi connectivity index (χ1n) is 18.2. The van der Waals surface area contributed by atoms with E-state index in [1.165, 1.54) is 19.3 Å². The Morgan fingerprint density at radius 3 is 1.36 bits per heavy atom. The molecule has 0 bridgehead atoms. The zero-order valence-corrected chi connectivity index (χ0v) is 29.3. The van der Waals surface area contributed by atoms with E-state index in [1.54, 1.807) is 13.8 Å². The van der Waals surface area contributed by atoms with Gasteiger partial charge in [-0.15, -0.1) is 0 Å². The minimum Gasteiger partial charge on any atom is -0.381 e. The molecule has 256 valence electrons. The van der Waals surface area contributed by atoms with E-state index in [1.807, 2.05) is 0 Å². The Balaban J connectivity index is 0.000000379. The molecule has 3 saturated heterocycles. The highest BCUT2D eigenvalue weighted by atomic mass is 16.5. The average molecular weight is 621 g/mol. The molecule has 1 N–H and O–H groups in total. The van der Waals surface area contributed by atoms with Gasteiger partial charge in [-0.05, 0) is 124 Å². The van der Waals surface area contributed by atoms with Gasteiger partial charge in [0.25, 0.3) is 0 Å². The van der Waals surface area contributed by atoms with Crippen LogP contribution in [0, 0.1) is 23.7 Å². The van der Waals surface area contributed by atoms with Crippen LogP contribution >= 0.6 is 0 Å². The number of nitrogens with one attached hydrogen (secondary N) is 1. The lowest BCUT2D eigenvalue weighted by Gasteiger charge is -2.23. The van der Waals surface area contributed by atoms with Gasteiger partial charge >= 0.3 is 0 Å². The normalized spacial score (nSPS) is 27.1. The summed E-state index contributed by atoms with van der Waals surface area (Å²) < 4.78 is 4.94. The van der Waals surface area contributed by atoms with Crippen molar-refractivity contribution in [2.24, 2.45) is 23.7 Å². The Kier molecular flexibility index (Phi) is 23.7. The quantitative estimate of drug-likeness (QED) is 0.331. The van der Waals surface area contributed by atoms with E-state index in [0.717, 1.165) is 123 Å². The fourth-order valence-corrected chi connectivity index (χ4v) is 6.72. The van der Waals surface area contributed by atoms with Crippen molar-refractivity contribution < 1.29 is 23.9 Å². The zero-order valence-electron chi connectivity index (χ0n) is 29.3. The zero-order chi connectivity index (χ0) is 32.6. The fourth-order valence-electron chi connectivity index (χ4n) is 6.72. The molecule has 0 amide bonds. The summed E-state index contributed by atoms with van der Waals surface area (Å²) in [6, 6.07) is 0. The monoisotopic (exact) mass is 621 g/mol. The largest absolute Gasteiger partial charge is 0.381 e. The van der Waals surface area contributed by atoms with Crippen molar-refractivity contribution in [3.63, 3.8) is 0 Å². The van der Waals surface area contributed by atoms with Crippen LogP contribution in [0.3, 0.4) is 0 Å². The van der Waals surface area contributed by atoms with Gasteiger partial charge in [0.05, 0.1) is 0 Å². The molecule has 3 fully saturated rings. The minimum atomic E-state index is -0.0260. The number of carbonyl (C=O) groups is 4. The molecule has 3 rings (SSSR count). The van der Waals surface area contributed by atoms with Crippen LogP contribution < -0.4 is 5.32 Å². The molecular weight excluding hydrogens is 552 g/mol. The predicted molar refractivity (Wildman–Crippen MR) is 181 cm³/mol. The summed E-state index contributed by atoms with van der Waals surface area (Å²) in [5, 5.41) is 3.45. The number of hydrogen-bond acceptors (Lipinski definition) is 7. The maximum Gasteiger partial charge on any atom is 0.139 e. The molecule has 3 aliphatic heterocycles. The average Bonchev–Trinajstić information content (AvgIpc) is 3.58. The number of rotatable bonds is 6. The van der Waals surface area contributed by atoms with Crippen molar-refractivity contribution in [2.45, 2.75) is 143 Å². The maximum absolute atomic E-state index is 12.6. The SMILES string of the molecule is C1CCOC1.CC[C@H]1CCCCN(C)CCCCC(CC(C)=O)C1=O.CC[C@H]1CCCCNCCCCC(CC(C)=O)C1=O. The van der Waals surface area contributed by atoms with E-state index in [4.69, 9.17) is 4.74 Å². The van der Waals surface area contributed by atoms with Gasteiger partial charge in [0, 0.05) is 49.7 Å². The van der Waals surface area contributed by atoms with Crippen LogP contribution in [-0.2, 0) is 23.9 Å². The highest BCUT2D eigenvalue weighted by molar-refractivity contribution is 5.89. The van der Waals surface area contributed by atoms with Crippen LogP contribution in [0.2, 0.25) is 0 Å². The van der Waals surface area contributed by atoms with E-state index >= 15 is 0 Å². The van der Waals surface area contributed by atoms with Gasteiger partial charge in [-0.3, -0.25) is 9.59 Å². The first-order valence-corrected chi connectivity index (χ1v) is 18.2. The van der Waals surface area contributed by atoms with E-state index in [2.05, 4.69) is 31.1 Å². The van der Waals surface area contributed by atoms with Crippen LogP contribution in [0.25, 0.3) is 0 Å². The van der Waals surface area contributed by atoms with Gasteiger partial charge in [-0.25, -0.2) is 0 Å². The second-order valence-corrected chi connectivity index (χ2v) is 13.6.